The highest BCUT2D eigenvalue weighted by molar-refractivity contribution is 7.91. The fourth-order valence-corrected chi connectivity index (χ4v) is 3.90. The van der Waals surface area contributed by atoms with Gasteiger partial charge >= 0.3 is 0 Å². The number of sulfone groups is 1. The van der Waals surface area contributed by atoms with E-state index in [9.17, 15) is 18.0 Å². The average Bonchev–Trinajstić information content (AvgIpc) is 2.32. The molecule has 0 spiro atoms. The van der Waals surface area contributed by atoms with Crippen LogP contribution in [0, 0.1) is 0 Å². The lowest BCUT2D eigenvalue weighted by molar-refractivity contribution is -0.148. The number of nitrogens with zero attached hydrogens (tertiary/aromatic N) is 1. The fraction of sp³-hybridized carbons (Fsp3) is 0.818. The first-order valence-electron chi connectivity index (χ1n) is 6.16. The molecule has 1 unspecified atom stereocenters. The number of carbonyl (C=O) groups excluding carboxylic acids is 2. The molecule has 0 bridgehead atoms. The molecule has 0 aliphatic carbocycles. The van der Waals surface area contributed by atoms with Crippen LogP contribution in [-0.4, -0.2) is 55.8 Å². The van der Waals surface area contributed by atoms with Gasteiger partial charge in [0.1, 0.15) is 9.84 Å². The molecule has 0 aromatic rings. The predicted molar refractivity (Wildman–Crippen MR) is 65.6 cm³/mol. The zero-order valence-corrected chi connectivity index (χ0v) is 11.2. The fourth-order valence-electron chi connectivity index (χ4n) is 2.41. The van der Waals surface area contributed by atoms with Gasteiger partial charge in [0.05, 0.1) is 17.5 Å². The van der Waals surface area contributed by atoms with E-state index < -0.39 is 9.84 Å². The van der Waals surface area contributed by atoms with Gasteiger partial charge in [0.15, 0.2) is 0 Å². The van der Waals surface area contributed by atoms with E-state index in [4.69, 9.17) is 0 Å². The highest BCUT2D eigenvalue weighted by atomic mass is 32.2. The highest BCUT2D eigenvalue weighted by Gasteiger charge is 2.34. The topological polar surface area (TPSA) is 83.6 Å². The van der Waals surface area contributed by atoms with Gasteiger partial charge in [0.2, 0.25) is 11.8 Å². The highest BCUT2D eigenvalue weighted by Crippen LogP contribution is 2.17. The minimum atomic E-state index is -2.88. The molecule has 2 aliphatic rings. The monoisotopic (exact) mass is 274 g/mol. The van der Waals surface area contributed by atoms with Gasteiger partial charge in [-0.3, -0.25) is 14.5 Å². The Morgan fingerprint density at radius 1 is 1.17 bits per heavy atom. The van der Waals surface area contributed by atoms with Gasteiger partial charge in [-0.1, -0.05) is 0 Å². The number of carbonyl (C=O) groups is 2. The Balaban J connectivity index is 1.91. The maximum absolute atomic E-state index is 11.9. The quantitative estimate of drug-likeness (QED) is 0.673. The van der Waals surface area contributed by atoms with Gasteiger partial charge < -0.3 is 5.32 Å². The third-order valence-electron chi connectivity index (χ3n) is 3.64. The van der Waals surface area contributed by atoms with Crippen molar-refractivity contribution in [3.05, 3.63) is 0 Å². The Hall–Kier alpha value is -0.950. The maximum atomic E-state index is 11.9. The number of piperidine rings is 1. The van der Waals surface area contributed by atoms with Crippen molar-refractivity contribution in [2.75, 3.05) is 18.6 Å². The first-order valence-corrected chi connectivity index (χ1v) is 7.98. The molecule has 0 aromatic heterocycles. The summed E-state index contributed by atoms with van der Waals surface area (Å²) >= 11 is 0. The molecule has 2 aliphatic heterocycles. The summed E-state index contributed by atoms with van der Waals surface area (Å²) < 4.78 is 22.6. The summed E-state index contributed by atoms with van der Waals surface area (Å²) in [6, 6.07) is -0.289. The first-order chi connectivity index (χ1) is 8.39. The molecule has 7 heteroatoms. The van der Waals surface area contributed by atoms with Gasteiger partial charge in [-0.2, -0.15) is 0 Å². The molecule has 1 N–H and O–H groups in total. The summed E-state index contributed by atoms with van der Waals surface area (Å²) in [7, 11) is -1.39. The van der Waals surface area contributed by atoms with Crippen molar-refractivity contribution in [3.63, 3.8) is 0 Å². The average molecular weight is 274 g/mol. The van der Waals surface area contributed by atoms with E-state index in [2.05, 4.69) is 5.32 Å². The molecule has 102 valence electrons. The summed E-state index contributed by atoms with van der Waals surface area (Å²) in [5.74, 6) is 0.00435. The maximum Gasteiger partial charge on any atom is 0.246 e. The molecule has 6 nitrogen and oxygen atoms in total. The van der Waals surface area contributed by atoms with E-state index in [1.165, 1.54) is 7.05 Å². The van der Waals surface area contributed by atoms with Crippen LogP contribution in [0.2, 0.25) is 0 Å². The molecule has 0 aromatic carbocycles. The number of nitrogens with one attached hydrogen (secondary N) is 1. The van der Waals surface area contributed by atoms with Crippen LogP contribution in [0.25, 0.3) is 0 Å². The number of rotatable bonds is 2. The number of hydrogen-bond acceptors (Lipinski definition) is 5. The van der Waals surface area contributed by atoms with E-state index in [0.717, 1.165) is 4.90 Å². The number of imide groups is 1. The van der Waals surface area contributed by atoms with Crippen LogP contribution in [0.1, 0.15) is 25.7 Å². The molecule has 18 heavy (non-hydrogen) atoms. The largest absolute Gasteiger partial charge is 0.303 e. The molecule has 1 atom stereocenters. The van der Waals surface area contributed by atoms with Crippen LogP contribution in [-0.2, 0) is 19.4 Å². The van der Waals surface area contributed by atoms with Crippen LogP contribution in [0.3, 0.4) is 0 Å². The molecule has 2 heterocycles. The number of amides is 2. The molecular weight excluding hydrogens is 256 g/mol. The first kappa shape index (κ1) is 13.5. The molecular formula is C11H18N2O4S. The minimum absolute atomic E-state index is 0.0593. The normalized spacial score (nSPS) is 29.6. The number of likely N-dealkylation sites (tertiary alicyclic amines) is 1. The van der Waals surface area contributed by atoms with E-state index in [0.29, 0.717) is 25.7 Å². The van der Waals surface area contributed by atoms with Gasteiger partial charge in [-0.25, -0.2) is 8.42 Å². The standard InChI is InChI=1S/C11H18N2O4S/c1-13-10(14)3-2-9(11(13)15)12-8-4-6-18(16,17)7-5-8/h8-9,12H,2-7H2,1H3. The summed E-state index contributed by atoms with van der Waals surface area (Å²) in [4.78, 5) is 24.3. The number of hydrogen-bond donors (Lipinski definition) is 1. The van der Waals surface area contributed by atoms with E-state index in [1.807, 2.05) is 0 Å². The Morgan fingerprint density at radius 2 is 1.78 bits per heavy atom. The summed E-state index contributed by atoms with van der Waals surface area (Å²) in [6.45, 7) is 0. The van der Waals surface area contributed by atoms with Crippen molar-refractivity contribution in [3.8, 4) is 0 Å². The smallest absolute Gasteiger partial charge is 0.246 e. The third-order valence-corrected chi connectivity index (χ3v) is 5.36. The van der Waals surface area contributed by atoms with Crippen molar-refractivity contribution in [1.82, 2.24) is 10.2 Å². The summed E-state index contributed by atoms with van der Waals surface area (Å²) in [6.07, 6.45) is 1.96. The molecule has 2 rings (SSSR count). The second-order valence-electron chi connectivity index (χ2n) is 4.98. The summed E-state index contributed by atoms with van der Waals surface area (Å²) in [5.41, 5.74) is 0. The second-order valence-corrected chi connectivity index (χ2v) is 7.28. The third kappa shape index (κ3) is 2.89. The van der Waals surface area contributed by atoms with Crippen LogP contribution < -0.4 is 5.32 Å². The zero-order valence-electron chi connectivity index (χ0n) is 10.4. The molecule has 0 saturated carbocycles. The Kier molecular flexibility index (Phi) is 3.72. The molecule has 2 amide bonds. The lowest BCUT2D eigenvalue weighted by Gasteiger charge is -2.32. The predicted octanol–water partition coefficient (Wildman–Crippen LogP) is -0.699. The molecule has 2 fully saturated rings. The van der Waals surface area contributed by atoms with Crippen molar-refractivity contribution in [2.45, 2.75) is 37.8 Å². The van der Waals surface area contributed by atoms with E-state index >= 15 is 0 Å². The lowest BCUT2D eigenvalue weighted by Crippen LogP contribution is -2.55. The van der Waals surface area contributed by atoms with Crippen LogP contribution >= 0.6 is 0 Å². The minimum Gasteiger partial charge on any atom is -0.303 e. The van der Waals surface area contributed by atoms with Crippen molar-refractivity contribution in [1.29, 1.82) is 0 Å². The Morgan fingerprint density at radius 3 is 2.39 bits per heavy atom. The van der Waals surface area contributed by atoms with Crippen molar-refractivity contribution in [2.24, 2.45) is 0 Å². The zero-order chi connectivity index (χ0) is 13.3. The van der Waals surface area contributed by atoms with Crippen LogP contribution in [0.5, 0.6) is 0 Å². The summed E-state index contributed by atoms with van der Waals surface area (Å²) in [5, 5.41) is 3.19. The molecule has 0 radical (unpaired) electrons. The molecule has 2 saturated heterocycles. The lowest BCUT2D eigenvalue weighted by atomic mass is 10.0. The van der Waals surface area contributed by atoms with Crippen LogP contribution in [0.15, 0.2) is 0 Å². The Labute approximate surface area is 107 Å². The van der Waals surface area contributed by atoms with Gasteiger partial charge in [-0.15, -0.1) is 0 Å². The van der Waals surface area contributed by atoms with Crippen LogP contribution in [0.4, 0.5) is 0 Å². The van der Waals surface area contributed by atoms with Gasteiger partial charge in [0.25, 0.3) is 0 Å². The SMILES string of the molecule is CN1C(=O)CCC(NC2CCS(=O)(=O)CC2)C1=O. The van der Waals surface area contributed by atoms with E-state index in [1.54, 1.807) is 0 Å². The number of likely N-dealkylation sites (N-methyl/N-ethyl adjacent to an activating group) is 1. The van der Waals surface area contributed by atoms with Gasteiger partial charge in [-0.05, 0) is 19.3 Å². The van der Waals surface area contributed by atoms with E-state index in [-0.39, 0.29) is 35.4 Å². The van der Waals surface area contributed by atoms with Crippen molar-refractivity contribution >= 4 is 21.7 Å². The van der Waals surface area contributed by atoms with Crippen molar-refractivity contribution < 1.29 is 18.0 Å². The second kappa shape index (κ2) is 4.97. The van der Waals surface area contributed by atoms with Gasteiger partial charge in [0, 0.05) is 19.5 Å². The Bertz CT molecular complexity index is 446.